The summed E-state index contributed by atoms with van der Waals surface area (Å²) in [5.41, 5.74) is 0. The van der Waals surface area contributed by atoms with Gasteiger partial charge in [0.2, 0.25) is 0 Å². The van der Waals surface area contributed by atoms with Gasteiger partial charge in [0.05, 0.1) is 38.4 Å². The topological polar surface area (TPSA) is 89.5 Å². The summed E-state index contributed by atoms with van der Waals surface area (Å²) < 4.78 is 31.4. The van der Waals surface area contributed by atoms with Crippen LogP contribution in [-0.4, -0.2) is 63.2 Å². The van der Waals surface area contributed by atoms with Crippen molar-refractivity contribution in [2.75, 3.05) is 26.4 Å². The number of carbonyl (C=O) groups is 2. The van der Waals surface area contributed by atoms with Gasteiger partial charge in [0.15, 0.2) is 0 Å². The standard InChI is InChI=1S/C15H24O8/c1-4-19-14(16)23-12-8-18-7-10(12)13-11(5-6-20-13)22-15(17)21-9(2)3/h9-13H,4-8H2,1-3H3. The molecule has 4 unspecified atom stereocenters. The number of rotatable bonds is 5. The molecular formula is C15H24O8. The fourth-order valence-electron chi connectivity index (χ4n) is 2.72. The second-order valence-electron chi connectivity index (χ2n) is 5.74. The molecule has 2 rings (SSSR count). The van der Waals surface area contributed by atoms with Crippen LogP contribution < -0.4 is 0 Å². The van der Waals surface area contributed by atoms with Gasteiger partial charge in [-0.3, -0.25) is 0 Å². The quantitative estimate of drug-likeness (QED) is 0.705. The Morgan fingerprint density at radius 2 is 1.87 bits per heavy atom. The van der Waals surface area contributed by atoms with Crippen molar-refractivity contribution in [2.45, 2.75) is 51.6 Å². The SMILES string of the molecule is CCOC(=O)OC1COCC1C1OCCC1OC(=O)OC(C)C. The molecule has 0 amide bonds. The van der Waals surface area contributed by atoms with Crippen LogP contribution in [0.4, 0.5) is 9.59 Å². The van der Waals surface area contributed by atoms with Crippen molar-refractivity contribution < 1.29 is 38.0 Å². The average Bonchev–Trinajstić information content (AvgIpc) is 3.06. The molecule has 2 saturated heterocycles. The summed E-state index contributed by atoms with van der Waals surface area (Å²) in [4.78, 5) is 23.2. The fraction of sp³-hybridized carbons (Fsp3) is 0.867. The molecule has 0 aliphatic carbocycles. The van der Waals surface area contributed by atoms with Crippen molar-refractivity contribution in [3.8, 4) is 0 Å². The van der Waals surface area contributed by atoms with Gasteiger partial charge in [-0.2, -0.15) is 0 Å². The third-order valence-corrected chi connectivity index (χ3v) is 3.66. The zero-order valence-corrected chi connectivity index (χ0v) is 13.7. The van der Waals surface area contributed by atoms with Gasteiger partial charge in [-0.05, 0) is 20.8 Å². The van der Waals surface area contributed by atoms with Gasteiger partial charge in [0, 0.05) is 6.42 Å². The van der Waals surface area contributed by atoms with Crippen LogP contribution in [0, 0.1) is 5.92 Å². The van der Waals surface area contributed by atoms with Crippen LogP contribution in [0.3, 0.4) is 0 Å². The highest BCUT2D eigenvalue weighted by molar-refractivity contribution is 5.60. The molecule has 2 fully saturated rings. The van der Waals surface area contributed by atoms with Crippen molar-refractivity contribution >= 4 is 12.3 Å². The molecular weight excluding hydrogens is 308 g/mol. The molecule has 2 heterocycles. The first-order valence-corrected chi connectivity index (χ1v) is 7.91. The number of hydrogen-bond donors (Lipinski definition) is 0. The van der Waals surface area contributed by atoms with Crippen LogP contribution >= 0.6 is 0 Å². The lowest BCUT2D eigenvalue weighted by Gasteiger charge is -2.27. The van der Waals surface area contributed by atoms with Gasteiger partial charge in [0.25, 0.3) is 0 Å². The summed E-state index contributed by atoms with van der Waals surface area (Å²) in [7, 11) is 0. The first-order valence-electron chi connectivity index (χ1n) is 7.91. The van der Waals surface area contributed by atoms with Crippen molar-refractivity contribution in [3.05, 3.63) is 0 Å². The van der Waals surface area contributed by atoms with Crippen LogP contribution in [0.15, 0.2) is 0 Å². The van der Waals surface area contributed by atoms with E-state index in [1.54, 1.807) is 20.8 Å². The molecule has 0 bridgehead atoms. The molecule has 0 aromatic heterocycles. The molecule has 0 saturated carbocycles. The summed E-state index contributed by atoms with van der Waals surface area (Å²) in [6, 6.07) is 0. The van der Waals surface area contributed by atoms with E-state index in [-0.39, 0.29) is 25.2 Å². The predicted octanol–water partition coefficient (Wildman–Crippen LogP) is 1.89. The zero-order valence-electron chi connectivity index (χ0n) is 13.7. The highest BCUT2D eigenvalue weighted by Crippen LogP contribution is 2.31. The fourth-order valence-corrected chi connectivity index (χ4v) is 2.72. The molecule has 4 atom stereocenters. The van der Waals surface area contributed by atoms with E-state index < -0.39 is 30.6 Å². The van der Waals surface area contributed by atoms with E-state index in [0.29, 0.717) is 19.6 Å². The predicted molar refractivity (Wildman–Crippen MR) is 77.1 cm³/mol. The van der Waals surface area contributed by atoms with E-state index in [1.807, 2.05) is 0 Å². The Balaban J connectivity index is 1.92. The van der Waals surface area contributed by atoms with Crippen LogP contribution in [0.2, 0.25) is 0 Å². The van der Waals surface area contributed by atoms with Crippen LogP contribution in [0.5, 0.6) is 0 Å². The van der Waals surface area contributed by atoms with Crippen molar-refractivity contribution in [3.63, 3.8) is 0 Å². The summed E-state index contributed by atoms with van der Waals surface area (Å²) in [5, 5.41) is 0. The number of carbonyl (C=O) groups excluding carboxylic acids is 2. The first kappa shape index (κ1) is 17.8. The third-order valence-electron chi connectivity index (χ3n) is 3.66. The lowest BCUT2D eigenvalue weighted by Crippen LogP contribution is -2.41. The zero-order chi connectivity index (χ0) is 16.8. The largest absolute Gasteiger partial charge is 0.508 e. The molecule has 8 nitrogen and oxygen atoms in total. The molecule has 0 radical (unpaired) electrons. The molecule has 0 N–H and O–H groups in total. The minimum atomic E-state index is -0.734. The molecule has 132 valence electrons. The van der Waals surface area contributed by atoms with E-state index in [4.69, 9.17) is 28.4 Å². The Bertz CT molecular complexity index is 410. The molecule has 8 heteroatoms. The normalized spacial score (nSPS) is 30.3. The lowest BCUT2D eigenvalue weighted by atomic mass is 9.95. The van der Waals surface area contributed by atoms with Crippen molar-refractivity contribution in [1.29, 1.82) is 0 Å². The average molecular weight is 332 g/mol. The molecule has 23 heavy (non-hydrogen) atoms. The van der Waals surface area contributed by atoms with E-state index in [9.17, 15) is 9.59 Å². The summed E-state index contributed by atoms with van der Waals surface area (Å²) in [6.07, 6.45) is -2.45. The first-order chi connectivity index (χ1) is 11.0. The van der Waals surface area contributed by atoms with Gasteiger partial charge in [-0.1, -0.05) is 0 Å². The van der Waals surface area contributed by atoms with E-state index in [1.165, 1.54) is 0 Å². The summed E-state index contributed by atoms with van der Waals surface area (Å²) in [6.45, 7) is 6.54. The Labute approximate surface area is 135 Å². The minimum absolute atomic E-state index is 0.209. The minimum Gasteiger partial charge on any atom is -0.435 e. The van der Waals surface area contributed by atoms with E-state index in [0.717, 1.165) is 0 Å². The smallest absolute Gasteiger partial charge is 0.435 e. The number of hydrogen-bond acceptors (Lipinski definition) is 8. The molecule has 2 aliphatic rings. The van der Waals surface area contributed by atoms with Gasteiger partial charge in [0.1, 0.15) is 18.3 Å². The highest BCUT2D eigenvalue weighted by Gasteiger charge is 2.46. The molecule has 2 aliphatic heterocycles. The van der Waals surface area contributed by atoms with Crippen LogP contribution in [0.25, 0.3) is 0 Å². The lowest BCUT2D eigenvalue weighted by molar-refractivity contribution is -0.0631. The molecule has 0 aromatic rings. The second-order valence-corrected chi connectivity index (χ2v) is 5.74. The van der Waals surface area contributed by atoms with Crippen LogP contribution in [-0.2, 0) is 28.4 Å². The second kappa shape index (κ2) is 8.35. The highest BCUT2D eigenvalue weighted by atomic mass is 16.7. The Morgan fingerprint density at radius 1 is 1.13 bits per heavy atom. The van der Waals surface area contributed by atoms with Gasteiger partial charge in [-0.15, -0.1) is 0 Å². The Morgan fingerprint density at radius 3 is 2.57 bits per heavy atom. The van der Waals surface area contributed by atoms with Crippen molar-refractivity contribution in [2.24, 2.45) is 5.92 Å². The van der Waals surface area contributed by atoms with Gasteiger partial charge >= 0.3 is 12.3 Å². The third kappa shape index (κ3) is 4.97. The number of ether oxygens (including phenoxy) is 6. The summed E-state index contributed by atoms with van der Waals surface area (Å²) >= 11 is 0. The Kier molecular flexibility index (Phi) is 6.47. The maximum Gasteiger partial charge on any atom is 0.508 e. The monoisotopic (exact) mass is 332 g/mol. The summed E-state index contributed by atoms with van der Waals surface area (Å²) in [5.74, 6) is -0.209. The van der Waals surface area contributed by atoms with Gasteiger partial charge < -0.3 is 28.4 Å². The molecule has 0 spiro atoms. The van der Waals surface area contributed by atoms with Crippen molar-refractivity contribution in [1.82, 2.24) is 0 Å². The maximum absolute atomic E-state index is 11.7. The van der Waals surface area contributed by atoms with E-state index in [2.05, 4.69) is 0 Å². The van der Waals surface area contributed by atoms with E-state index >= 15 is 0 Å². The van der Waals surface area contributed by atoms with Crippen LogP contribution in [0.1, 0.15) is 27.2 Å². The molecule has 0 aromatic carbocycles. The Hall–Kier alpha value is -1.54. The maximum atomic E-state index is 11.7. The van der Waals surface area contributed by atoms with Gasteiger partial charge in [-0.25, -0.2) is 9.59 Å².